The van der Waals surface area contributed by atoms with Crippen LogP contribution in [-0.4, -0.2) is 23.2 Å². The number of carbonyl (C=O) groups excluding carboxylic acids is 1. The Balaban J connectivity index is 2.25. The number of hydrogen-bond donors (Lipinski definition) is 2. The van der Waals surface area contributed by atoms with Gasteiger partial charge in [0, 0.05) is 12.5 Å². The minimum absolute atomic E-state index is 0.0693. The predicted octanol–water partition coefficient (Wildman–Crippen LogP) is 2.26. The molecule has 2 N–H and O–H groups in total. The van der Waals surface area contributed by atoms with Gasteiger partial charge in [-0.15, -0.1) is 0 Å². The summed E-state index contributed by atoms with van der Waals surface area (Å²) in [6.07, 6.45) is 7.46. The third-order valence-corrected chi connectivity index (χ3v) is 3.28. The molecular weight excluding hydrogens is 214 g/mol. The van der Waals surface area contributed by atoms with E-state index in [2.05, 4.69) is 19.2 Å². The monoisotopic (exact) mass is 239 g/mol. The maximum Gasteiger partial charge on any atom is 0.223 e. The van der Waals surface area contributed by atoms with Crippen LogP contribution in [-0.2, 0) is 4.79 Å². The Hall–Kier alpha value is -0.830. The van der Waals surface area contributed by atoms with Crippen LogP contribution in [0.5, 0.6) is 0 Å². The van der Waals surface area contributed by atoms with Crippen molar-refractivity contribution in [1.82, 2.24) is 5.32 Å². The first-order chi connectivity index (χ1) is 7.91. The fourth-order valence-electron chi connectivity index (χ4n) is 1.94. The summed E-state index contributed by atoms with van der Waals surface area (Å²) in [5, 5.41) is 13.0. The highest BCUT2D eigenvalue weighted by Crippen LogP contribution is 2.19. The van der Waals surface area contributed by atoms with Gasteiger partial charge in [0.1, 0.15) is 0 Å². The van der Waals surface area contributed by atoms with E-state index in [1.807, 2.05) is 12.2 Å². The topological polar surface area (TPSA) is 49.3 Å². The largest absolute Gasteiger partial charge is 0.388 e. The first-order valence-electron chi connectivity index (χ1n) is 6.56. The molecule has 0 fully saturated rings. The number of carbonyl (C=O) groups is 1. The van der Waals surface area contributed by atoms with E-state index in [1.54, 1.807) is 6.92 Å². The van der Waals surface area contributed by atoms with Gasteiger partial charge in [0.2, 0.25) is 5.91 Å². The third kappa shape index (κ3) is 5.35. The van der Waals surface area contributed by atoms with E-state index in [0.29, 0.717) is 12.5 Å². The molecule has 0 bridgehead atoms. The van der Waals surface area contributed by atoms with Crippen LogP contribution in [0.3, 0.4) is 0 Å². The van der Waals surface area contributed by atoms with Gasteiger partial charge >= 0.3 is 0 Å². The van der Waals surface area contributed by atoms with E-state index in [4.69, 9.17) is 0 Å². The molecule has 0 aliphatic heterocycles. The Morgan fingerprint density at radius 1 is 1.47 bits per heavy atom. The Morgan fingerprint density at radius 2 is 2.06 bits per heavy atom. The van der Waals surface area contributed by atoms with Crippen molar-refractivity contribution in [1.29, 1.82) is 0 Å². The van der Waals surface area contributed by atoms with Crippen LogP contribution in [0, 0.1) is 11.8 Å². The van der Waals surface area contributed by atoms with Crippen LogP contribution in [0.4, 0.5) is 0 Å². The summed E-state index contributed by atoms with van der Waals surface area (Å²) in [7, 11) is 0. The number of rotatable bonds is 6. The fraction of sp³-hybridized carbons (Fsp3) is 0.786. The summed E-state index contributed by atoms with van der Waals surface area (Å²) in [5.74, 6) is 0.729. The standard InChI is InChI=1S/C14H25NO2/c1-11(2)8-9-14(3,17)10-15-13(16)12-6-4-5-7-12/h4-5,11-12,17H,6-10H2,1-3H3,(H,15,16)/t14-/m0/s1. The second-order valence-electron chi connectivity index (χ2n) is 5.79. The Morgan fingerprint density at radius 3 is 2.59 bits per heavy atom. The van der Waals surface area contributed by atoms with Crippen LogP contribution in [0.2, 0.25) is 0 Å². The lowest BCUT2D eigenvalue weighted by molar-refractivity contribution is -0.125. The molecule has 3 nitrogen and oxygen atoms in total. The van der Waals surface area contributed by atoms with Gasteiger partial charge in [-0.25, -0.2) is 0 Å². The van der Waals surface area contributed by atoms with E-state index >= 15 is 0 Å². The Labute approximate surface area is 104 Å². The molecule has 0 spiro atoms. The summed E-state index contributed by atoms with van der Waals surface area (Å²) in [5.41, 5.74) is -0.786. The minimum atomic E-state index is -0.786. The molecule has 1 aliphatic rings. The highest BCUT2D eigenvalue weighted by molar-refractivity contribution is 5.79. The van der Waals surface area contributed by atoms with E-state index in [0.717, 1.165) is 25.7 Å². The number of amides is 1. The zero-order valence-electron chi connectivity index (χ0n) is 11.2. The average Bonchev–Trinajstić information content (AvgIpc) is 2.77. The van der Waals surface area contributed by atoms with E-state index in [9.17, 15) is 9.90 Å². The lowest BCUT2D eigenvalue weighted by Gasteiger charge is -2.25. The quantitative estimate of drug-likeness (QED) is 0.698. The molecule has 0 aromatic heterocycles. The zero-order chi connectivity index (χ0) is 12.9. The van der Waals surface area contributed by atoms with Crippen molar-refractivity contribution in [3.8, 4) is 0 Å². The van der Waals surface area contributed by atoms with Crippen molar-refractivity contribution in [3.05, 3.63) is 12.2 Å². The van der Waals surface area contributed by atoms with E-state index < -0.39 is 5.60 Å². The van der Waals surface area contributed by atoms with Gasteiger partial charge in [0.05, 0.1) is 5.60 Å². The molecule has 0 aromatic rings. The van der Waals surface area contributed by atoms with Crippen LogP contribution < -0.4 is 5.32 Å². The van der Waals surface area contributed by atoms with E-state index in [1.165, 1.54) is 0 Å². The number of hydrogen-bond acceptors (Lipinski definition) is 2. The molecular formula is C14H25NO2. The van der Waals surface area contributed by atoms with Crippen molar-refractivity contribution in [2.24, 2.45) is 11.8 Å². The molecule has 0 heterocycles. The van der Waals surface area contributed by atoms with Gasteiger partial charge in [-0.3, -0.25) is 4.79 Å². The van der Waals surface area contributed by atoms with Gasteiger partial charge < -0.3 is 10.4 Å². The summed E-state index contributed by atoms with van der Waals surface area (Å²) in [6.45, 7) is 6.43. The second-order valence-corrected chi connectivity index (χ2v) is 5.79. The van der Waals surface area contributed by atoms with E-state index in [-0.39, 0.29) is 11.8 Å². The maximum absolute atomic E-state index is 11.8. The smallest absolute Gasteiger partial charge is 0.223 e. The van der Waals surface area contributed by atoms with Crippen LogP contribution in [0.1, 0.15) is 46.5 Å². The van der Waals surface area contributed by atoms with Crippen LogP contribution in [0.25, 0.3) is 0 Å². The summed E-state index contributed by atoms with van der Waals surface area (Å²) < 4.78 is 0. The van der Waals surface area contributed by atoms with Crippen LogP contribution >= 0.6 is 0 Å². The van der Waals surface area contributed by atoms with Gasteiger partial charge in [0.25, 0.3) is 0 Å². The van der Waals surface area contributed by atoms with Crippen molar-refractivity contribution in [2.45, 2.75) is 52.1 Å². The fourth-order valence-corrected chi connectivity index (χ4v) is 1.94. The zero-order valence-corrected chi connectivity index (χ0v) is 11.2. The normalized spacial score (nSPS) is 19.6. The molecule has 17 heavy (non-hydrogen) atoms. The molecule has 98 valence electrons. The Kier molecular flexibility index (Phi) is 5.19. The predicted molar refractivity (Wildman–Crippen MR) is 69.6 cm³/mol. The SMILES string of the molecule is CC(C)CC[C@](C)(O)CNC(=O)C1CC=CC1. The summed E-state index contributed by atoms with van der Waals surface area (Å²) in [6, 6.07) is 0. The highest BCUT2D eigenvalue weighted by atomic mass is 16.3. The van der Waals surface area contributed by atoms with Crippen LogP contribution in [0.15, 0.2) is 12.2 Å². The van der Waals surface area contributed by atoms with Gasteiger partial charge in [-0.1, -0.05) is 26.0 Å². The van der Waals surface area contributed by atoms with Crippen molar-refractivity contribution in [2.75, 3.05) is 6.54 Å². The van der Waals surface area contributed by atoms with Crippen molar-refractivity contribution < 1.29 is 9.90 Å². The van der Waals surface area contributed by atoms with Gasteiger partial charge in [-0.05, 0) is 38.5 Å². The molecule has 1 atom stereocenters. The number of nitrogens with one attached hydrogen (secondary N) is 1. The Bertz CT molecular complexity index is 274. The summed E-state index contributed by atoms with van der Waals surface area (Å²) >= 11 is 0. The molecule has 1 amide bonds. The lowest BCUT2D eigenvalue weighted by atomic mass is 9.95. The van der Waals surface area contributed by atoms with Gasteiger partial charge in [0.15, 0.2) is 0 Å². The number of allylic oxidation sites excluding steroid dienone is 2. The summed E-state index contributed by atoms with van der Waals surface area (Å²) in [4.78, 5) is 11.8. The maximum atomic E-state index is 11.8. The average molecular weight is 239 g/mol. The molecule has 1 aliphatic carbocycles. The molecule has 0 radical (unpaired) electrons. The van der Waals surface area contributed by atoms with Crippen molar-refractivity contribution in [3.63, 3.8) is 0 Å². The molecule has 0 aromatic carbocycles. The highest BCUT2D eigenvalue weighted by Gasteiger charge is 2.24. The van der Waals surface area contributed by atoms with Crippen molar-refractivity contribution >= 4 is 5.91 Å². The first kappa shape index (κ1) is 14.2. The molecule has 0 unspecified atom stereocenters. The van der Waals surface area contributed by atoms with Gasteiger partial charge in [-0.2, -0.15) is 0 Å². The lowest BCUT2D eigenvalue weighted by Crippen LogP contribution is -2.42. The third-order valence-electron chi connectivity index (χ3n) is 3.28. The molecule has 0 saturated heterocycles. The number of aliphatic hydroxyl groups is 1. The molecule has 0 saturated carbocycles. The molecule has 3 heteroatoms. The minimum Gasteiger partial charge on any atom is -0.388 e. The second kappa shape index (κ2) is 6.20. The molecule has 1 rings (SSSR count). The first-order valence-corrected chi connectivity index (χ1v) is 6.56.